The van der Waals surface area contributed by atoms with Gasteiger partial charge in [-0.2, -0.15) is 0 Å². The highest BCUT2D eigenvalue weighted by Gasteiger charge is 2.00. The fraction of sp³-hybridized carbons (Fsp3) is 0.600. The van der Waals surface area contributed by atoms with Crippen molar-refractivity contribution >= 4 is 5.82 Å². The molecule has 5 heteroatoms. The van der Waals surface area contributed by atoms with Gasteiger partial charge in [-0.15, -0.1) is 0 Å². The molecule has 0 aliphatic carbocycles. The highest BCUT2D eigenvalue weighted by Crippen LogP contribution is 2.04. The molecule has 0 bridgehead atoms. The van der Waals surface area contributed by atoms with Gasteiger partial charge in [0, 0.05) is 31.8 Å². The summed E-state index contributed by atoms with van der Waals surface area (Å²) >= 11 is 0. The minimum atomic E-state index is -0.387. The second kappa shape index (κ2) is 6.31. The number of nitrogens with zero attached hydrogens (tertiary/aromatic N) is 2. The summed E-state index contributed by atoms with van der Waals surface area (Å²) in [5.74, 6) is 0.733. The first-order valence-corrected chi connectivity index (χ1v) is 4.94. The highest BCUT2D eigenvalue weighted by atomic mass is 16.5. The van der Waals surface area contributed by atoms with Crippen LogP contribution in [0.15, 0.2) is 12.4 Å². The Morgan fingerprint density at radius 3 is 3.00 bits per heavy atom. The molecule has 5 nitrogen and oxygen atoms in total. The predicted molar refractivity (Wildman–Crippen MR) is 57.8 cm³/mol. The van der Waals surface area contributed by atoms with Gasteiger partial charge in [-0.05, 0) is 6.92 Å². The Labute approximate surface area is 89.5 Å². The molecule has 0 amide bonds. The van der Waals surface area contributed by atoms with Gasteiger partial charge in [-0.25, -0.2) is 9.97 Å². The maximum Gasteiger partial charge on any atom is 0.129 e. The van der Waals surface area contributed by atoms with Gasteiger partial charge in [0.2, 0.25) is 0 Å². The maximum absolute atomic E-state index is 9.10. The molecule has 0 spiro atoms. The number of hydrogen-bond acceptors (Lipinski definition) is 5. The third-order valence-electron chi connectivity index (χ3n) is 1.86. The van der Waals surface area contributed by atoms with Crippen molar-refractivity contribution in [3.63, 3.8) is 0 Å². The van der Waals surface area contributed by atoms with Crippen molar-refractivity contribution < 1.29 is 9.84 Å². The van der Waals surface area contributed by atoms with E-state index in [1.807, 2.05) is 6.07 Å². The second-order valence-corrected chi connectivity index (χ2v) is 3.37. The number of aromatic nitrogens is 2. The Bertz CT molecular complexity index is 292. The molecule has 0 aliphatic rings. The molecule has 0 saturated carbocycles. The second-order valence-electron chi connectivity index (χ2n) is 3.37. The van der Waals surface area contributed by atoms with Gasteiger partial charge in [0.05, 0.1) is 12.7 Å². The van der Waals surface area contributed by atoms with E-state index in [-0.39, 0.29) is 6.10 Å². The van der Waals surface area contributed by atoms with Crippen LogP contribution in [0.4, 0.5) is 5.82 Å². The number of anilines is 1. The first kappa shape index (κ1) is 11.9. The lowest BCUT2D eigenvalue weighted by Crippen LogP contribution is -2.16. The van der Waals surface area contributed by atoms with Gasteiger partial charge in [0.25, 0.3) is 0 Å². The summed E-state index contributed by atoms with van der Waals surface area (Å²) in [7, 11) is 1.66. The zero-order valence-corrected chi connectivity index (χ0v) is 9.10. The van der Waals surface area contributed by atoms with Gasteiger partial charge in [-0.3, -0.25) is 0 Å². The van der Waals surface area contributed by atoms with Crippen molar-refractivity contribution in [1.82, 2.24) is 9.97 Å². The molecule has 15 heavy (non-hydrogen) atoms. The predicted octanol–water partition coefficient (Wildman–Crippen LogP) is 0.458. The Hall–Kier alpha value is -1.20. The standard InChI is InChI=1S/C10H17N3O2/c1-8(14)6-11-10-5-9(3-4-15-2)12-7-13-10/h5,7-8,14H,3-4,6H2,1-2H3,(H,11,12,13). The lowest BCUT2D eigenvalue weighted by atomic mass is 10.3. The summed E-state index contributed by atoms with van der Waals surface area (Å²) in [6, 6.07) is 1.86. The van der Waals surface area contributed by atoms with Crippen LogP contribution in [-0.2, 0) is 11.2 Å². The van der Waals surface area contributed by atoms with E-state index in [4.69, 9.17) is 9.84 Å². The SMILES string of the molecule is COCCc1cc(NCC(C)O)ncn1. The Balaban J connectivity index is 2.50. The number of aliphatic hydroxyl groups excluding tert-OH is 1. The number of ether oxygens (including phenoxy) is 1. The largest absolute Gasteiger partial charge is 0.392 e. The molecule has 2 N–H and O–H groups in total. The molecular weight excluding hydrogens is 194 g/mol. The van der Waals surface area contributed by atoms with Crippen LogP contribution >= 0.6 is 0 Å². The normalized spacial score (nSPS) is 12.5. The first-order valence-electron chi connectivity index (χ1n) is 4.94. The zero-order chi connectivity index (χ0) is 11.1. The monoisotopic (exact) mass is 211 g/mol. The molecule has 1 aromatic rings. The summed E-state index contributed by atoms with van der Waals surface area (Å²) in [6.45, 7) is 2.85. The molecular formula is C10H17N3O2. The van der Waals surface area contributed by atoms with Crippen LogP contribution in [0.5, 0.6) is 0 Å². The van der Waals surface area contributed by atoms with Crippen LogP contribution in [0.1, 0.15) is 12.6 Å². The molecule has 1 unspecified atom stereocenters. The summed E-state index contributed by atoms with van der Waals surface area (Å²) in [5.41, 5.74) is 0.931. The zero-order valence-electron chi connectivity index (χ0n) is 9.10. The van der Waals surface area contributed by atoms with E-state index < -0.39 is 0 Å². The molecule has 0 radical (unpaired) electrons. The summed E-state index contributed by atoms with van der Waals surface area (Å²) in [6.07, 6.45) is 1.89. The van der Waals surface area contributed by atoms with Crippen molar-refractivity contribution in [1.29, 1.82) is 0 Å². The highest BCUT2D eigenvalue weighted by molar-refractivity contribution is 5.34. The molecule has 1 atom stereocenters. The summed E-state index contributed by atoms with van der Waals surface area (Å²) in [4.78, 5) is 8.16. The van der Waals surface area contributed by atoms with Crippen LogP contribution in [0.2, 0.25) is 0 Å². The van der Waals surface area contributed by atoms with Crippen LogP contribution in [-0.4, -0.2) is 41.4 Å². The lowest BCUT2D eigenvalue weighted by Gasteiger charge is -2.08. The Morgan fingerprint density at radius 2 is 2.33 bits per heavy atom. The molecule has 0 aliphatic heterocycles. The quantitative estimate of drug-likeness (QED) is 0.715. The lowest BCUT2D eigenvalue weighted by molar-refractivity contribution is 0.201. The number of methoxy groups -OCH3 is 1. The van der Waals surface area contributed by atoms with Gasteiger partial charge in [0.15, 0.2) is 0 Å². The third kappa shape index (κ3) is 4.71. The molecule has 1 heterocycles. The molecule has 84 valence electrons. The third-order valence-corrected chi connectivity index (χ3v) is 1.86. The number of aliphatic hydroxyl groups is 1. The topological polar surface area (TPSA) is 67.3 Å². The summed E-state index contributed by atoms with van der Waals surface area (Å²) < 4.78 is 4.96. The van der Waals surface area contributed by atoms with E-state index in [0.717, 1.165) is 17.9 Å². The minimum absolute atomic E-state index is 0.387. The van der Waals surface area contributed by atoms with Gasteiger partial charge >= 0.3 is 0 Å². The van der Waals surface area contributed by atoms with E-state index >= 15 is 0 Å². The molecule has 1 rings (SSSR count). The Kier molecular flexibility index (Phi) is 5.00. The average molecular weight is 211 g/mol. The van der Waals surface area contributed by atoms with Crippen molar-refractivity contribution in [2.75, 3.05) is 25.6 Å². The fourth-order valence-corrected chi connectivity index (χ4v) is 1.09. The molecule has 0 saturated heterocycles. The maximum atomic E-state index is 9.10. The van der Waals surface area contributed by atoms with Crippen LogP contribution < -0.4 is 5.32 Å². The van der Waals surface area contributed by atoms with Crippen molar-refractivity contribution in [2.45, 2.75) is 19.4 Å². The molecule has 1 aromatic heterocycles. The van der Waals surface area contributed by atoms with Crippen molar-refractivity contribution in [3.05, 3.63) is 18.1 Å². The number of hydrogen-bond donors (Lipinski definition) is 2. The van der Waals surface area contributed by atoms with E-state index in [1.165, 1.54) is 6.33 Å². The number of rotatable bonds is 6. The van der Waals surface area contributed by atoms with Crippen LogP contribution in [0.25, 0.3) is 0 Å². The van der Waals surface area contributed by atoms with Gasteiger partial charge in [-0.1, -0.05) is 0 Å². The Morgan fingerprint density at radius 1 is 1.53 bits per heavy atom. The number of nitrogens with one attached hydrogen (secondary N) is 1. The first-order chi connectivity index (χ1) is 7.22. The van der Waals surface area contributed by atoms with Crippen molar-refractivity contribution in [2.24, 2.45) is 0 Å². The average Bonchev–Trinajstić information content (AvgIpc) is 2.24. The summed E-state index contributed by atoms with van der Waals surface area (Å²) in [5, 5.41) is 12.1. The smallest absolute Gasteiger partial charge is 0.129 e. The van der Waals surface area contributed by atoms with Crippen molar-refractivity contribution in [3.8, 4) is 0 Å². The van der Waals surface area contributed by atoms with E-state index in [9.17, 15) is 0 Å². The van der Waals surface area contributed by atoms with Crippen LogP contribution in [0.3, 0.4) is 0 Å². The molecule has 0 fully saturated rings. The minimum Gasteiger partial charge on any atom is -0.392 e. The van der Waals surface area contributed by atoms with E-state index in [1.54, 1.807) is 14.0 Å². The van der Waals surface area contributed by atoms with Gasteiger partial charge < -0.3 is 15.2 Å². The van der Waals surface area contributed by atoms with Crippen LogP contribution in [0, 0.1) is 0 Å². The molecule has 0 aromatic carbocycles. The van der Waals surface area contributed by atoms with Gasteiger partial charge in [0.1, 0.15) is 12.1 Å². The fourth-order valence-electron chi connectivity index (χ4n) is 1.09. The van der Waals surface area contributed by atoms with E-state index in [2.05, 4.69) is 15.3 Å². The van der Waals surface area contributed by atoms with E-state index in [0.29, 0.717) is 13.2 Å².